The van der Waals surface area contributed by atoms with Crippen LogP contribution in [0.1, 0.15) is 102 Å². The molecule has 34 heavy (non-hydrogen) atoms. The Morgan fingerprint density at radius 2 is 1.97 bits per heavy atom. The summed E-state index contributed by atoms with van der Waals surface area (Å²) < 4.78 is 2.02. The van der Waals surface area contributed by atoms with Gasteiger partial charge in [0.1, 0.15) is 0 Å². The van der Waals surface area contributed by atoms with Crippen molar-refractivity contribution in [3.8, 4) is 0 Å². The maximum Gasteiger partial charge on any atom is 0.252 e. The lowest BCUT2D eigenvalue weighted by Gasteiger charge is -2.40. The van der Waals surface area contributed by atoms with E-state index < -0.39 is 0 Å². The van der Waals surface area contributed by atoms with E-state index in [4.69, 9.17) is 0 Å². The molecule has 0 bridgehead atoms. The number of benzene rings is 1. The smallest absolute Gasteiger partial charge is 0.252 e. The van der Waals surface area contributed by atoms with E-state index in [0.29, 0.717) is 12.6 Å². The molecule has 0 aliphatic heterocycles. The number of aromatic amines is 1. The van der Waals surface area contributed by atoms with Crippen molar-refractivity contribution in [1.29, 1.82) is 0 Å². The molecule has 1 saturated carbocycles. The van der Waals surface area contributed by atoms with E-state index in [2.05, 4.69) is 71.3 Å². The fourth-order valence-electron chi connectivity index (χ4n) is 5.35. The number of hydrogen-bond donors (Lipinski definition) is 1. The molecule has 1 atom stereocenters. The summed E-state index contributed by atoms with van der Waals surface area (Å²) in [5, 5.41) is 14.2. The largest absolute Gasteiger partial charge is 0.321 e. The number of H-pyrrole nitrogens is 1. The zero-order chi connectivity index (χ0) is 24.3. The monoisotopic (exact) mass is 464 g/mol. The maximum atomic E-state index is 13.2. The van der Waals surface area contributed by atoms with Crippen molar-refractivity contribution in [3.05, 3.63) is 51.6 Å². The number of nitrogens with zero attached hydrogens (tertiary/aromatic N) is 5. The molecule has 0 spiro atoms. The average molecular weight is 465 g/mol. The number of pyridine rings is 1. The van der Waals surface area contributed by atoms with Gasteiger partial charge in [-0.2, -0.15) is 0 Å². The molecule has 1 aliphatic rings. The lowest BCUT2D eigenvalue weighted by atomic mass is 9.91. The van der Waals surface area contributed by atoms with Gasteiger partial charge in [-0.1, -0.05) is 57.7 Å². The third kappa shape index (κ3) is 4.95. The molecule has 2 aromatic heterocycles. The van der Waals surface area contributed by atoms with E-state index in [0.717, 1.165) is 60.0 Å². The number of fused-ring (bicyclic) bond motifs is 1. The van der Waals surface area contributed by atoms with Crippen LogP contribution >= 0.6 is 0 Å². The van der Waals surface area contributed by atoms with Gasteiger partial charge in [0, 0.05) is 18.2 Å². The molecule has 1 unspecified atom stereocenters. The first kappa shape index (κ1) is 24.6. The Balaban J connectivity index is 1.78. The molecular formula is C27H40N6O. The van der Waals surface area contributed by atoms with Crippen LogP contribution in [0.25, 0.3) is 10.9 Å². The summed E-state index contributed by atoms with van der Waals surface area (Å²) in [5.41, 5.74) is 2.68. The molecule has 1 aromatic carbocycles. The Labute approximate surface area is 202 Å². The summed E-state index contributed by atoms with van der Waals surface area (Å²) >= 11 is 0. The highest BCUT2D eigenvalue weighted by molar-refractivity contribution is 5.81. The average Bonchev–Trinajstić information content (AvgIpc) is 3.33. The van der Waals surface area contributed by atoms with E-state index in [9.17, 15) is 4.79 Å². The molecule has 1 fully saturated rings. The molecule has 4 rings (SSSR count). The lowest BCUT2D eigenvalue weighted by molar-refractivity contribution is 0.0770. The van der Waals surface area contributed by atoms with E-state index in [1.807, 2.05) is 17.7 Å². The highest BCUT2D eigenvalue weighted by atomic mass is 16.1. The van der Waals surface area contributed by atoms with Crippen LogP contribution in [0.2, 0.25) is 0 Å². The maximum absolute atomic E-state index is 13.2. The minimum absolute atomic E-state index is 0.00587. The Bertz CT molecular complexity index is 1160. The van der Waals surface area contributed by atoms with E-state index in [1.54, 1.807) is 0 Å². The number of hydrogen-bond acceptors (Lipinski definition) is 5. The Morgan fingerprint density at radius 3 is 2.68 bits per heavy atom. The van der Waals surface area contributed by atoms with Crippen LogP contribution in [0.5, 0.6) is 0 Å². The van der Waals surface area contributed by atoms with Gasteiger partial charge in [0.25, 0.3) is 5.56 Å². The van der Waals surface area contributed by atoms with Crippen molar-refractivity contribution < 1.29 is 0 Å². The zero-order valence-corrected chi connectivity index (χ0v) is 21.5. The standard InChI is InChI=1S/C27H40N6O/c1-6-12-23(25-29-30-31-33(25)27(4,5)7-2)32(22-15-9-8-10-16-22)18-21-17-20-14-11-13-19(3)24(20)28-26(21)34/h11,13-14,17,22-23H,6-10,12,15-16,18H2,1-5H3,(H,28,34). The van der Waals surface area contributed by atoms with Crippen LogP contribution in [0.15, 0.2) is 29.1 Å². The quantitative estimate of drug-likeness (QED) is 0.443. The molecule has 1 N–H and O–H groups in total. The molecule has 2 heterocycles. The normalized spacial score (nSPS) is 16.4. The summed E-state index contributed by atoms with van der Waals surface area (Å²) in [7, 11) is 0. The van der Waals surface area contributed by atoms with Gasteiger partial charge < -0.3 is 4.98 Å². The highest BCUT2D eigenvalue weighted by Gasteiger charge is 2.35. The zero-order valence-electron chi connectivity index (χ0n) is 21.5. The minimum Gasteiger partial charge on any atom is -0.321 e. The van der Waals surface area contributed by atoms with Crippen LogP contribution in [0.3, 0.4) is 0 Å². The summed E-state index contributed by atoms with van der Waals surface area (Å²) in [6.45, 7) is 11.4. The van der Waals surface area contributed by atoms with Crippen molar-refractivity contribution in [3.63, 3.8) is 0 Å². The number of para-hydroxylation sites is 1. The van der Waals surface area contributed by atoms with Crippen LogP contribution in [-0.2, 0) is 12.1 Å². The molecular weight excluding hydrogens is 424 g/mol. The van der Waals surface area contributed by atoms with E-state index >= 15 is 0 Å². The number of aromatic nitrogens is 5. The van der Waals surface area contributed by atoms with Gasteiger partial charge >= 0.3 is 0 Å². The van der Waals surface area contributed by atoms with Crippen LogP contribution < -0.4 is 5.56 Å². The first-order chi connectivity index (χ1) is 16.4. The van der Waals surface area contributed by atoms with Crippen molar-refractivity contribution in [2.75, 3.05) is 0 Å². The third-order valence-corrected chi connectivity index (χ3v) is 7.75. The SMILES string of the molecule is CCCC(c1nnnn1C(C)(C)CC)N(Cc1cc2cccc(C)c2[nH]c1=O)C1CCCCC1. The first-order valence-electron chi connectivity index (χ1n) is 13.0. The molecule has 0 saturated heterocycles. The Kier molecular flexibility index (Phi) is 7.51. The number of rotatable bonds is 9. The number of aryl methyl sites for hydroxylation is 1. The first-order valence-corrected chi connectivity index (χ1v) is 13.0. The molecule has 0 amide bonds. The highest BCUT2D eigenvalue weighted by Crippen LogP contribution is 2.35. The van der Waals surface area contributed by atoms with Crippen molar-refractivity contribution >= 4 is 10.9 Å². The van der Waals surface area contributed by atoms with Gasteiger partial charge in [-0.25, -0.2) is 4.68 Å². The van der Waals surface area contributed by atoms with Crippen molar-refractivity contribution in [2.24, 2.45) is 0 Å². The van der Waals surface area contributed by atoms with Gasteiger partial charge in [-0.15, -0.1) is 5.10 Å². The third-order valence-electron chi connectivity index (χ3n) is 7.75. The van der Waals surface area contributed by atoms with Gasteiger partial charge in [0.05, 0.1) is 17.1 Å². The Hall–Kier alpha value is -2.54. The molecule has 7 heteroatoms. The van der Waals surface area contributed by atoms with Crippen LogP contribution in [0, 0.1) is 6.92 Å². The van der Waals surface area contributed by atoms with Gasteiger partial charge in [0.2, 0.25) is 0 Å². The minimum atomic E-state index is -0.166. The Morgan fingerprint density at radius 1 is 1.21 bits per heavy atom. The molecule has 1 aliphatic carbocycles. The second-order valence-corrected chi connectivity index (χ2v) is 10.5. The van der Waals surface area contributed by atoms with Gasteiger partial charge in [-0.3, -0.25) is 9.69 Å². The second-order valence-electron chi connectivity index (χ2n) is 10.5. The number of nitrogens with one attached hydrogen (secondary N) is 1. The number of tetrazole rings is 1. The van der Waals surface area contributed by atoms with Gasteiger partial charge in [-0.05, 0) is 73.9 Å². The van der Waals surface area contributed by atoms with E-state index in [-0.39, 0.29) is 17.1 Å². The molecule has 184 valence electrons. The fraction of sp³-hybridized carbons (Fsp3) is 0.630. The molecule has 0 radical (unpaired) electrons. The lowest BCUT2D eigenvalue weighted by Crippen LogP contribution is -2.42. The summed E-state index contributed by atoms with van der Waals surface area (Å²) in [6, 6.07) is 8.76. The van der Waals surface area contributed by atoms with Gasteiger partial charge in [0.15, 0.2) is 5.82 Å². The van der Waals surface area contributed by atoms with Crippen molar-refractivity contribution in [1.82, 2.24) is 30.1 Å². The van der Waals surface area contributed by atoms with Crippen molar-refractivity contribution in [2.45, 2.75) is 110 Å². The summed E-state index contributed by atoms with van der Waals surface area (Å²) in [5.74, 6) is 0.923. The summed E-state index contributed by atoms with van der Waals surface area (Å²) in [4.78, 5) is 18.9. The molecule has 3 aromatic rings. The topological polar surface area (TPSA) is 79.7 Å². The van der Waals surface area contributed by atoms with Crippen LogP contribution in [-0.4, -0.2) is 36.1 Å². The van der Waals surface area contributed by atoms with Crippen LogP contribution in [0.4, 0.5) is 0 Å². The van der Waals surface area contributed by atoms with E-state index in [1.165, 1.54) is 19.3 Å². The summed E-state index contributed by atoms with van der Waals surface area (Å²) in [6.07, 6.45) is 9.00. The predicted molar refractivity (Wildman–Crippen MR) is 137 cm³/mol. The second kappa shape index (κ2) is 10.4. The fourth-order valence-corrected chi connectivity index (χ4v) is 5.35. The molecule has 7 nitrogen and oxygen atoms in total. The predicted octanol–water partition coefficient (Wildman–Crippen LogP) is 5.64.